The van der Waals surface area contributed by atoms with E-state index < -0.39 is 0 Å². The summed E-state index contributed by atoms with van der Waals surface area (Å²) in [5.74, 6) is 1.74. The molecule has 0 atom stereocenters. The average Bonchev–Trinajstić information content (AvgIpc) is 2.65. The van der Waals surface area contributed by atoms with Crippen molar-refractivity contribution in [2.45, 2.75) is 19.3 Å². The normalized spacial score (nSPS) is 10.8. The molecular weight excluding hydrogens is 463 g/mol. The number of nitrogens with zero attached hydrogens (tertiary/aromatic N) is 3. The van der Waals surface area contributed by atoms with Crippen molar-refractivity contribution >= 4 is 47.4 Å². The van der Waals surface area contributed by atoms with Crippen LogP contribution in [0.2, 0.25) is 5.15 Å². The Morgan fingerprint density at radius 1 is 1.04 bits per heavy atom. The molecule has 0 bridgehead atoms. The van der Waals surface area contributed by atoms with Crippen LogP contribution in [0.5, 0.6) is 0 Å². The van der Waals surface area contributed by atoms with Crippen molar-refractivity contribution in [1.82, 2.24) is 20.6 Å². The van der Waals surface area contributed by atoms with Crippen LogP contribution in [0.4, 0.5) is 5.82 Å². The third-order valence-electron chi connectivity index (χ3n) is 3.59. The zero-order chi connectivity index (χ0) is 17.7. The van der Waals surface area contributed by atoms with Gasteiger partial charge in [0.1, 0.15) is 11.0 Å². The lowest BCUT2D eigenvalue weighted by molar-refractivity contribution is 0.710. The summed E-state index contributed by atoms with van der Waals surface area (Å²) in [7, 11) is 1.78. The van der Waals surface area contributed by atoms with Gasteiger partial charge in [0.25, 0.3) is 0 Å². The molecule has 6 nitrogen and oxygen atoms in total. The maximum atomic E-state index is 5.78. The van der Waals surface area contributed by atoms with Crippen molar-refractivity contribution in [3.05, 3.63) is 53.4 Å². The van der Waals surface area contributed by atoms with Gasteiger partial charge in [-0.3, -0.25) is 4.99 Å². The SMILES string of the molecule is CN=C(NCCCCNc1ccccn1)NCCc1ccc(Cl)nc1.I. The Labute approximate surface area is 177 Å². The van der Waals surface area contributed by atoms with Gasteiger partial charge >= 0.3 is 0 Å². The van der Waals surface area contributed by atoms with Gasteiger partial charge in [0.05, 0.1) is 0 Å². The number of nitrogens with one attached hydrogen (secondary N) is 3. The summed E-state index contributed by atoms with van der Waals surface area (Å²) in [4.78, 5) is 12.5. The molecule has 0 aromatic carbocycles. The Hall–Kier alpha value is -1.61. The lowest BCUT2D eigenvalue weighted by Crippen LogP contribution is -2.38. The minimum atomic E-state index is 0. The van der Waals surface area contributed by atoms with E-state index in [4.69, 9.17) is 11.6 Å². The number of aromatic nitrogens is 2. The molecule has 2 aromatic rings. The molecule has 0 aliphatic heterocycles. The van der Waals surface area contributed by atoms with Crippen LogP contribution in [-0.4, -0.2) is 42.6 Å². The maximum absolute atomic E-state index is 5.78. The number of guanidine groups is 1. The van der Waals surface area contributed by atoms with E-state index in [0.29, 0.717) is 5.15 Å². The van der Waals surface area contributed by atoms with Crippen LogP contribution >= 0.6 is 35.6 Å². The predicted molar refractivity (Wildman–Crippen MR) is 120 cm³/mol. The number of anilines is 1. The van der Waals surface area contributed by atoms with Crippen molar-refractivity contribution in [2.24, 2.45) is 4.99 Å². The smallest absolute Gasteiger partial charge is 0.190 e. The molecule has 0 spiro atoms. The zero-order valence-electron chi connectivity index (χ0n) is 14.9. The van der Waals surface area contributed by atoms with E-state index in [-0.39, 0.29) is 24.0 Å². The average molecular weight is 489 g/mol. The molecule has 0 fully saturated rings. The van der Waals surface area contributed by atoms with Gasteiger partial charge in [-0.15, -0.1) is 24.0 Å². The molecule has 8 heteroatoms. The highest BCUT2D eigenvalue weighted by Crippen LogP contribution is 2.05. The fourth-order valence-electron chi connectivity index (χ4n) is 2.24. The number of halogens is 2. The Kier molecular flexibility index (Phi) is 11.7. The molecule has 3 N–H and O–H groups in total. The molecular formula is C18H26ClIN6. The summed E-state index contributed by atoms with van der Waals surface area (Å²) in [6.07, 6.45) is 6.59. The van der Waals surface area contributed by atoms with E-state index in [1.807, 2.05) is 30.3 Å². The summed E-state index contributed by atoms with van der Waals surface area (Å²) < 4.78 is 0. The highest BCUT2D eigenvalue weighted by atomic mass is 127. The lowest BCUT2D eigenvalue weighted by atomic mass is 10.2. The van der Waals surface area contributed by atoms with Gasteiger partial charge in [0.15, 0.2) is 5.96 Å². The number of unbranched alkanes of at least 4 members (excludes halogenated alkanes) is 1. The highest BCUT2D eigenvalue weighted by molar-refractivity contribution is 14.0. The van der Waals surface area contributed by atoms with Gasteiger partial charge in [-0.25, -0.2) is 9.97 Å². The van der Waals surface area contributed by atoms with Gasteiger partial charge in [-0.2, -0.15) is 0 Å². The van der Waals surface area contributed by atoms with Crippen LogP contribution in [0, 0.1) is 0 Å². The third kappa shape index (κ3) is 9.19. The van der Waals surface area contributed by atoms with Gasteiger partial charge in [0, 0.05) is 39.1 Å². The summed E-state index contributed by atoms with van der Waals surface area (Å²) in [6, 6.07) is 9.66. The molecule has 2 aromatic heterocycles. The monoisotopic (exact) mass is 488 g/mol. The maximum Gasteiger partial charge on any atom is 0.190 e. The van der Waals surface area contributed by atoms with Crippen molar-refractivity contribution in [3.63, 3.8) is 0 Å². The van der Waals surface area contributed by atoms with E-state index in [9.17, 15) is 0 Å². The van der Waals surface area contributed by atoms with E-state index in [1.165, 1.54) is 0 Å². The van der Waals surface area contributed by atoms with Crippen LogP contribution in [0.25, 0.3) is 0 Å². The quantitative estimate of drug-likeness (QED) is 0.166. The third-order valence-corrected chi connectivity index (χ3v) is 3.81. The number of aliphatic imine (C=N–C) groups is 1. The highest BCUT2D eigenvalue weighted by Gasteiger charge is 1.99. The fraction of sp³-hybridized carbons (Fsp3) is 0.389. The molecule has 0 saturated heterocycles. The first-order chi connectivity index (χ1) is 12.3. The lowest BCUT2D eigenvalue weighted by Gasteiger charge is -2.12. The molecule has 2 rings (SSSR count). The molecule has 142 valence electrons. The van der Waals surface area contributed by atoms with Crippen LogP contribution in [0.15, 0.2) is 47.7 Å². The second-order valence-corrected chi connectivity index (χ2v) is 5.90. The minimum absolute atomic E-state index is 0. The molecule has 0 radical (unpaired) electrons. The second-order valence-electron chi connectivity index (χ2n) is 5.51. The van der Waals surface area contributed by atoms with Crippen molar-refractivity contribution in [1.29, 1.82) is 0 Å². The summed E-state index contributed by atoms with van der Waals surface area (Å²) in [5, 5.41) is 10.4. The molecule has 0 aliphatic carbocycles. The van der Waals surface area contributed by atoms with Crippen molar-refractivity contribution in [2.75, 3.05) is 32.0 Å². The van der Waals surface area contributed by atoms with Gasteiger partial charge in [0.2, 0.25) is 0 Å². The van der Waals surface area contributed by atoms with E-state index in [0.717, 1.165) is 56.2 Å². The van der Waals surface area contributed by atoms with Crippen LogP contribution < -0.4 is 16.0 Å². The summed E-state index contributed by atoms with van der Waals surface area (Å²) in [5.41, 5.74) is 1.15. The standard InChI is InChI=1S/C18H25ClN6.HI/c1-20-18(24-13-9-15-7-8-16(19)25-14-15)23-12-5-4-11-22-17-6-2-3-10-21-17;/h2-3,6-8,10,14H,4-5,9,11-13H2,1H3,(H,21,22)(H2,20,23,24);1H. The number of pyridine rings is 2. The number of hydrogen-bond donors (Lipinski definition) is 3. The first kappa shape index (κ1) is 22.4. The minimum Gasteiger partial charge on any atom is -0.370 e. The molecule has 0 aliphatic rings. The Morgan fingerprint density at radius 2 is 1.85 bits per heavy atom. The van der Waals surface area contributed by atoms with E-state index >= 15 is 0 Å². The van der Waals surface area contributed by atoms with Crippen LogP contribution in [-0.2, 0) is 6.42 Å². The van der Waals surface area contributed by atoms with Crippen molar-refractivity contribution < 1.29 is 0 Å². The van der Waals surface area contributed by atoms with Crippen LogP contribution in [0.3, 0.4) is 0 Å². The Balaban J connectivity index is 0.00000338. The summed E-state index contributed by atoms with van der Waals surface area (Å²) in [6.45, 7) is 2.59. The molecule has 0 saturated carbocycles. The van der Waals surface area contributed by atoms with Gasteiger partial charge < -0.3 is 16.0 Å². The second kappa shape index (κ2) is 13.6. The molecule has 0 amide bonds. The first-order valence-corrected chi connectivity index (χ1v) is 8.85. The first-order valence-electron chi connectivity index (χ1n) is 8.48. The Morgan fingerprint density at radius 3 is 2.54 bits per heavy atom. The van der Waals surface area contributed by atoms with Crippen LogP contribution in [0.1, 0.15) is 18.4 Å². The van der Waals surface area contributed by atoms with Crippen molar-refractivity contribution in [3.8, 4) is 0 Å². The molecule has 0 unspecified atom stereocenters. The Bertz CT molecular complexity index is 636. The molecule has 2 heterocycles. The summed E-state index contributed by atoms with van der Waals surface area (Å²) >= 11 is 5.78. The topological polar surface area (TPSA) is 74.2 Å². The predicted octanol–water partition coefficient (Wildman–Crippen LogP) is 3.35. The fourth-order valence-corrected chi connectivity index (χ4v) is 2.35. The largest absolute Gasteiger partial charge is 0.370 e. The number of hydrogen-bond acceptors (Lipinski definition) is 4. The van der Waals surface area contributed by atoms with E-state index in [1.54, 1.807) is 19.4 Å². The van der Waals surface area contributed by atoms with Gasteiger partial charge in [-0.1, -0.05) is 23.7 Å². The van der Waals surface area contributed by atoms with E-state index in [2.05, 4.69) is 30.9 Å². The zero-order valence-corrected chi connectivity index (χ0v) is 18.0. The molecule has 26 heavy (non-hydrogen) atoms. The van der Waals surface area contributed by atoms with Gasteiger partial charge in [-0.05, 0) is 43.0 Å². The number of rotatable bonds is 9.